The van der Waals surface area contributed by atoms with Gasteiger partial charge in [0.05, 0.1) is 6.04 Å². The molecule has 16 heavy (non-hydrogen) atoms. The highest BCUT2D eigenvalue weighted by Crippen LogP contribution is 2.20. The Morgan fingerprint density at radius 1 is 1.50 bits per heavy atom. The number of anilines is 1. The molecule has 0 saturated carbocycles. The van der Waals surface area contributed by atoms with Crippen LogP contribution in [0.25, 0.3) is 11.2 Å². The molecule has 3 N–H and O–H groups in total. The molecule has 2 heterocycles. The first-order valence-corrected chi connectivity index (χ1v) is 5.30. The molecule has 2 aromatic heterocycles. The lowest BCUT2D eigenvalue weighted by atomic mass is 10.2. The molecular formula is C9H15N7. The van der Waals surface area contributed by atoms with E-state index in [1.54, 1.807) is 4.68 Å². The molecule has 0 saturated heterocycles. The molecule has 0 aromatic carbocycles. The Labute approximate surface area is 93.0 Å². The van der Waals surface area contributed by atoms with Gasteiger partial charge in [-0.05, 0) is 13.3 Å². The van der Waals surface area contributed by atoms with Crippen LogP contribution in [0, 0.1) is 0 Å². The monoisotopic (exact) mass is 221 g/mol. The Morgan fingerprint density at radius 2 is 2.31 bits per heavy atom. The predicted octanol–water partition coefficient (Wildman–Crippen LogP) is 0.868. The first-order valence-electron chi connectivity index (χ1n) is 5.30. The van der Waals surface area contributed by atoms with Gasteiger partial charge in [-0.3, -0.25) is 0 Å². The van der Waals surface area contributed by atoms with E-state index in [1.165, 1.54) is 6.33 Å². The van der Waals surface area contributed by atoms with Crippen molar-refractivity contribution in [2.24, 2.45) is 5.84 Å². The van der Waals surface area contributed by atoms with Crippen molar-refractivity contribution >= 4 is 17.0 Å². The highest BCUT2D eigenvalue weighted by Gasteiger charge is 2.14. The number of nitrogens with two attached hydrogens (primary N) is 1. The van der Waals surface area contributed by atoms with E-state index in [0.717, 1.165) is 12.8 Å². The van der Waals surface area contributed by atoms with E-state index >= 15 is 0 Å². The van der Waals surface area contributed by atoms with Crippen molar-refractivity contribution in [3.8, 4) is 0 Å². The molecule has 7 heteroatoms. The van der Waals surface area contributed by atoms with Gasteiger partial charge >= 0.3 is 0 Å². The van der Waals surface area contributed by atoms with Gasteiger partial charge in [-0.1, -0.05) is 18.6 Å². The molecule has 1 unspecified atom stereocenters. The minimum atomic E-state index is 0.274. The molecule has 0 bridgehead atoms. The van der Waals surface area contributed by atoms with Crippen molar-refractivity contribution in [1.82, 2.24) is 25.0 Å². The Hall–Kier alpha value is -1.76. The lowest BCUT2D eigenvalue weighted by Crippen LogP contribution is -2.10. The molecular weight excluding hydrogens is 206 g/mol. The zero-order valence-electron chi connectivity index (χ0n) is 9.38. The summed E-state index contributed by atoms with van der Waals surface area (Å²) in [5.74, 6) is 5.84. The summed E-state index contributed by atoms with van der Waals surface area (Å²) in [6.07, 6.45) is 3.58. The lowest BCUT2D eigenvalue weighted by molar-refractivity contribution is 0.453. The fraction of sp³-hybridized carbons (Fsp3) is 0.556. The van der Waals surface area contributed by atoms with Gasteiger partial charge in [0, 0.05) is 0 Å². The third-order valence-corrected chi connectivity index (χ3v) is 2.52. The van der Waals surface area contributed by atoms with Crippen LogP contribution in [0.2, 0.25) is 0 Å². The number of hydrogen-bond acceptors (Lipinski definition) is 6. The van der Waals surface area contributed by atoms with Gasteiger partial charge in [-0.25, -0.2) is 20.5 Å². The number of fused-ring (bicyclic) bond motifs is 1. The molecule has 7 nitrogen and oxygen atoms in total. The Kier molecular flexibility index (Phi) is 2.95. The average Bonchev–Trinajstić information content (AvgIpc) is 2.72. The Bertz CT molecular complexity index is 478. The summed E-state index contributed by atoms with van der Waals surface area (Å²) in [5, 5.41) is 8.13. The van der Waals surface area contributed by atoms with Gasteiger partial charge in [-0.15, -0.1) is 5.10 Å². The Morgan fingerprint density at radius 3 is 3.00 bits per heavy atom. The second-order valence-corrected chi connectivity index (χ2v) is 3.71. The lowest BCUT2D eigenvalue weighted by Gasteiger charge is -2.09. The topological polar surface area (TPSA) is 94.5 Å². The largest absolute Gasteiger partial charge is 0.306 e. The van der Waals surface area contributed by atoms with Gasteiger partial charge < -0.3 is 5.43 Å². The average molecular weight is 221 g/mol. The van der Waals surface area contributed by atoms with Crippen LogP contribution in [-0.2, 0) is 0 Å². The molecule has 0 fully saturated rings. The van der Waals surface area contributed by atoms with Crippen LogP contribution < -0.4 is 11.3 Å². The summed E-state index contributed by atoms with van der Waals surface area (Å²) in [5.41, 5.74) is 3.80. The quantitative estimate of drug-likeness (QED) is 0.587. The molecule has 0 aliphatic heterocycles. The molecule has 0 aliphatic rings. The highest BCUT2D eigenvalue weighted by atomic mass is 15.5. The second-order valence-electron chi connectivity index (χ2n) is 3.71. The van der Waals surface area contributed by atoms with Crippen molar-refractivity contribution in [3.63, 3.8) is 0 Å². The van der Waals surface area contributed by atoms with Crippen LogP contribution in [0.3, 0.4) is 0 Å². The Balaban J connectivity index is 2.48. The SMILES string of the molecule is CCCC(C)n1nnc2c(NN)ncnc21. The van der Waals surface area contributed by atoms with Crippen molar-refractivity contribution in [2.45, 2.75) is 32.7 Å². The van der Waals surface area contributed by atoms with Gasteiger partial charge in [0.15, 0.2) is 17.0 Å². The highest BCUT2D eigenvalue weighted by molar-refractivity contribution is 5.81. The first-order chi connectivity index (χ1) is 7.77. The maximum Gasteiger partial charge on any atom is 0.184 e. The van der Waals surface area contributed by atoms with E-state index in [1.807, 2.05) is 0 Å². The summed E-state index contributed by atoms with van der Waals surface area (Å²) in [7, 11) is 0. The molecule has 2 aromatic rings. The maximum atomic E-state index is 5.34. The van der Waals surface area contributed by atoms with E-state index in [4.69, 9.17) is 5.84 Å². The summed E-state index contributed by atoms with van der Waals surface area (Å²) < 4.78 is 1.81. The number of nitrogen functional groups attached to an aromatic ring is 1. The third-order valence-electron chi connectivity index (χ3n) is 2.52. The number of nitrogens with zero attached hydrogens (tertiary/aromatic N) is 5. The minimum absolute atomic E-state index is 0.274. The molecule has 86 valence electrons. The molecule has 0 spiro atoms. The number of aromatic nitrogens is 5. The number of nitrogens with one attached hydrogen (secondary N) is 1. The van der Waals surface area contributed by atoms with Crippen LogP contribution in [0.15, 0.2) is 6.33 Å². The summed E-state index contributed by atoms with van der Waals surface area (Å²) in [6, 6.07) is 0.274. The first kappa shape index (κ1) is 10.7. The molecule has 2 rings (SSSR count). The zero-order chi connectivity index (χ0) is 11.5. The smallest absolute Gasteiger partial charge is 0.184 e. The zero-order valence-corrected chi connectivity index (χ0v) is 9.38. The number of hydrogen-bond donors (Lipinski definition) is 2. The summed E-state index contributed by atoms with van der Waals surface area (Å²) in [4.78, 5) is 8.17. The predicted molar refractivity (Wildman–Crippen MR) is 60.5 cm³/mol. The number of rotatable bonds is 4. The van der Waals surface area contributed by atoms with Crippen LogP contribution in [-0.4, -0.2) is 25.0 Å². The van der Waals surface area contributed by atoms with E-state index in [-0.39, 0.29) is 6.04 Å². The molecule has 0 amide bonds. The van der Waals surface area contributed by atoms with Crippen molar-refractivity contribution in [2.75, 3.05) is 5.43 Å². The normalized spacial score (nSPS) is 12.9. The maximum absolute atomic E-state index is 5.34. The third kappa shape index (κ3) is 1.69. The molecule has 0 aliphatic carbocycles. The van der Waals surface area contributed by atoms with Gasteiger partial charge in [-0.2, -0.15) is 0 Å². The second kappa shape index (κ2) is 4.40. The summed E-state index contributed by atoms with van der Waals surface area (Å²) >= 11 is 0. The minimum Gasteiger partial charge on any atom is -0.306 e. The van der Waals surface area contributed by atoms with E-state index in [2.05, 4.69) is 39.6 Å². The van der Waals surface area contributed by atoms with Crippen LogP contribution in [0.4, 0.5) is 5.82 Å². The molecule has 1 atom stereocenters. The summed E-state index contributed by atoms with van der Waals surface area (Å²) in [6.45, 7) is 4.23. The van der Waals surface area contributed by atoms with Gasteiger partial charge in [0.1, 0.15) is 6.33 Å². The van der Waals surface area contributed by atoms with Crippen LogP contribution >= 0.6 is 0 Å². The standard InChI is InChI=1S/C9H15N7/c1-3-4-6(2)16-9-7(14-15-16)8(13-10)11-5-12-9/h5-6H,3-4,10H2,1-2H3,(H,11,12,13). The van der Waals surface area contributed by atoms with Gasteiger partial charge in [0.2, 0.25) is 0 Å². The van der Waals surface area contributed by atoms with Crippen molar-refractivity contribution in [3.05, 3.63) is 6.33 Å². The van der Waals surface area contributed by atoms with Crippen molar-refractivity contribution in [1.29, 1.82) is 0 Å². The van der Waals surface area contributed by atoms with E-state index in [9.17, 15) is 0 Å². The van der Waals surface area contributed by atoms with Crippen molar-refractivity contribution < 1.29 is 0 Å². The van der Waals surface area contributed by atoms with Gasteiger partial charge in [0.25, 0.3) is 0 Å². The fourth-order valence-corrected chi connectivity index (χ4v) is 1.71. The van der Waals surface area contributed by atoms with Crippen LogP contribution in [0.1, 0.15) is 32.7 Å². The fourth-order valence-electron chi connectivity index (χ4n) is 1.71. The number of hydrazine groups is 1. The molecule has 0 radical (unpaired) electrons. The van der Waals surface area contributed by atoms with E-state index < -0.39 is 0 Å². The van der Waals surface area contributed by atoms with Crippen LogP contribution in [0.5, 0.6) is 0 Å². The van der Waals surface area contributed by atoms with E-state index in [0.29, 0.717) is 17.0 Å².